The third kappa shape index (κ3) is 2.99. The summed E-state index contributed by atoms with van der Waals surface area (Å²) in [5.74, 6) is -0.735. The van der Waals surface area contributed by atoms with Crippen LogP contribution in [0.4, 0.5) is 18.9 Å². The van der Waals surface area contributed by atoms with Gasteiger partial charge in [-0.15, -0.1) is 0 Å². The van der Waals surface area contributed by atoms with Crippen LogP contribution in [0.5, 0.6) is 0 Å². The maximum Gasteiger partial charge on any atom is 0.425 e. The number of nitrogens with one attached hydrogen (secondary N) is 1. The van der Waals surface area contributed by atoms with Crippen LogP contribution in [0.3, 0.4) is 0 Å². The molecule has 3 rings (SSSR count). The van der Waals surface area contributed by atoms with Crippen LogP contribution in [0.2, 0.25) is 0 Å². The molecule has 0 aliphatic carbocycles. The molecule has 0 fully saturated rings. The number of fused-ring (bicyclic) bond motifs is 1. The highest BCUT2D eigenvalue weighted by molar-refractivity contribution is 5.88. The number of carbonyl (C=O) groups excluding carboxylic acids is 1. The number of aromatic nitrogens is 1. The van der Waals surface area contributed by atoms with Gasteiger partial charge in [0, 0.05) is 40.1 Å². The van der Waals surface area contributed by atoms with Crippen LogP contribution in [0.1, 0.15) is 16.7 Å². The second-order valence-corrected chi connectivity index (χ2v) is 6.35. The van der Waals surface area contributed by atoms with Gasteiger partial charge in [0.1, 0.15) is 6.54 Å². The summed E-state index contributed by atoms with van der Waals surface area (Å²) >= 11 is 0. The Morgan fingerprint density at radius 3 is 2.50 bits per heavy atom. The van der Waals surface area contributed by atoms with E-state index in [4.69, 9.17) is 16.9 Å². The lowest BCUT2D eigenvalue weighted by Crippen LogP contribution is -2.43. The van der Waals surface area contributed by atoms with Crippen molar-refractivity contribution >= 4 is 28.7 Å². The van der Waals surface area contributed by atoms with E-state index in [9.17, 15) is 23.1 Å². The summed E-state index contributed by atoms with van der Waals surface area (Å²) in [5, 5.41) is 18.4. The molecule has 1 atom stereocenters. The Morgan fingerprint density at radius 2 is 1.89 bits per heavy atom. The fourth-order valence-corrected chi connectivity index (χ4v) is 3.23. The van der Waals surface area contributed by atoms with Crippen LogP contribution in [0.15, 0.2) is 48.7 Å². The van der Waals surface area contributed by atoms with Gasteiger partial charge in [-0.1, -0.05) is 24.3 Å². The molecule has 1 heterocycles. The zero-order valence-electron chi connectivity index (χ0n) is 14.5. The van der Waals surface area contributed by atoms with E-state index in [1.54, 1.807) is 6.07 Å². The van der Waals surface area contributed by atoms with Crippen LogP contribution < -0.4 is 11.5 Å². The van der Waals surface area contributed by atoms with Crippen LogP contribution in [0, 0.1) is 5.41 Å². The van der Waals surface area contributed by atoms with E-state index in [-0.39, 0.29) is 23.2 Å². The number of nitrogen functional groups attached to an aromatic ring is 1. The van der Waals surface area contributed by atoms with E-state index in [1.165, 1.54) is 28.8 Å². The van der Waals surface area contributed by atoms with E-state index in [1.807, 2.05) is 0 Å². The Morgan fingerprint density at radius 1 is 1.21 bits per heavy atom. The van der Waals surface area contributed by atoms with Gasteiger partial charge in [-0.2, -0.15) is 13.2 Å². The molecule has 3 aromatic rings. The first-order valence-corrected chi connectivity index (χ1v) is 8.16. The highest BCUT2D eigenvalue weighted by atomic mass is 19.4. The van der Waals surface area contributed by atoms with Gasteiger partial charge < -0.3 is 26.6 Å². The number of para-hydroxylation sites is 1. The van der Waals surface area contributed by atoms with Crippen LogP contribution in [-0.4, -0.2) is 28.0 Å². The smallest absolute Gasteiger partial charge is 0.398 e. The molecule has 1 aromatic heterocycles. The van der Waals surface area contributed by atoms with Crippen molar-refractivity contribution in [1.82, 2.24) is 4.57 Å². The maximum atomic E-state index is 14.2. The topological polar surface area (TPSA) is 118 Å². The number of hydrogen-bond acceptors (Lipinski definition) is 4. The summed E-state index contributed by atoms with van der Waals surface area (Å²) in [6, 6.07) is 9.38. The monoisotopic (exact) mass is 390 g/mol. The highest BCUT2D eigenvalue weighted by Crippen LogP contribution is 2.47. The van der Waals surface area contributed by atoms with Crippen molar-refractivity contribution in [3.63, 3.8) is 0 Å². The van der Waals surface area contributed by atoms with Crippen molar-refractivity contribution in [2.45, 2.75) is 18.3 Å². The lowest BCUT2D eigenvalue weighted by atomic mass is 9.84. The molecule has 2 aromatic carbocycles. The number of halogens is 3. The minimum atomic E-state index is -5.09. The molecule has 1 amide bonds. The fraction of sp³-hybridized carbons (Fsp3) is 0.158. The van der Waals surface area contributed by atoms with E-state index in [0.717, 1.165) is 24.5 Å². The minimum absolute atomic E-state index is 0.0426. The largest absolute Gasteiger partial charge is 0.425 e. The van der Waals surface area contributed by atoms with Gasteiger partial charge in [0.15, 0.2) is 0 Å². The van der Waals surface area contributed by atoms with Gasteiger partial charge in [0.25, 0.3) is 0 Å². The number of anilines is 1. The van der Waals surface area contributed by atoms with E-state index in [2.05, 4.69) is 0 Å². The minimum Gasteiger partial charge on any atom is -0.398 e. The molecule has 6 N–H and O–H groups in total. The second kappa shape index (κ2) is 6.68. The van der Waals surface area contributed by atoms with Gasteiger partial charge in [0.2, 0.25) is 11.5 Å². The van der Waals surface area contributed by atoms with Crippen LogP contribution in [0.25, 0.3) is 10.9 Å². The van der Waals surface area contributed by atoms with E-state index < -0.39 is 28.8 Å². The molecule has 0 saturated carbocycles. The molecule has 0 aliphatic heterocycles. The summed E-state index contributed by atoms with van der Waals surface area (Å²) in [6.07, 6.45) is -3.21. The number of primary amides is 1. The molecule has 28 heavy (non-hydrogen) atoms. The third-order valence-electron chi connectivity index (χ3n) is 4.57. The van der Waals surface area contributed by atoms with Crippen molar-refractivity contribution in [3.8, 4) is 0 Å². The molecular weight excluding hydrogens is 373 g/mol. The fourth-order valence-electron chi connectivity index (χ4n) is 3.23. The molecule has 0 saturated heterocycles. The number of nitrogens with zero attached hydrogens (tertiary/aromatic N) is 1. The van der Waals surface area contributed by atoms with Gasteiger partial charge in [0.05, 0.1) is 0 Å². The average molecular weight is 390 g/mol. The predicted molar refractivity (Wildman–Crippen MR) is 98.9 cm³/mol. The molecule has 6 nitrogen and oxygen atoms in total. The molecule has 0 bridgehead atoms. The average Bonchev–Trinajstić information content (AvgIpc) is 2.99. The van der Waals surface area contributed by atoms with Gasteiger partial charge >= 0.3 is 6.18 Å². The van der Waals surface area contributed by atoms with E-state index >= 15 is 0 Å². The third-order valence-corrected chi connectivity index (χ3v) is 4.57. The second-order valence-electron chi connectivity index (χ2n) is 6.35. The Bertz CT molecular complexity index is 1070. The first-order chi connectivity index (χ1) is 13.1. The van der Waals surface area contributed by atoms with Crippen molar-refractivity contribution < 1.29 is 23.1 Å². The molecule has 9 heteroatoms. The Kier molecular flexibility index (Phi) is 4.64. The normalized spacial score (nSPS) is 14.0. The zero-order valence-corrected chi connectivity index (χ0v) is 14.5. The Labute approximate surface area is 157 Å². The zero-order chi connectivity index (χ0) is 20.7. The molecular formula is C19H17F3N4O2. The number of benzene rings is 2. The summed E-state index contributed by atoms with van der Waals surface area (Å²) in [6.45, 7) is -0.345. The van der Waals surface area contributed by atoms with Crippen molar-refractivity contribution in [1.29, 1.82) is 5.41 Å². The number of hydrogen-bond donors (Lipinski definition) is 4. The summed E-state index contributed by atoms with van der Waals surface area (Å²) in [5.41, 5.74) is 7.02. The Hall–Kier alpha value is -3.33. The van der Waals surface area contributed by atoms with Crippen molar-refractivity contribution in [2.24, 2.45) is 5.73 Å². The molecule has 1 unspecified atom stereocenters. The SMILES string of the molecule is N=Cc1cc(C(O)(c2cn(CC(N)=O)c3ccccc23)C(F)(F)F)ccc1N. The van der Waals surface area contributed by atoms with Crippen LogP contribution >= 0.6 is 0 Å². The quantitative estimate of drug-likeness (QED) is 0.396. The molecule has 0 spiro atoms. The lowest BCUT2D eigenvalue weighted by Gasteiger charge is -2.31. The number of amides is 1. The predicted octanol–water partition coefficient (Wildman–Crippen LogP) is 2.50. The molecule has 0 radical (unpaired) electrons. The number of aliphatic hydroxyl groups is 1. The molecule has 0 aliphatic rings. The summed E-state index contributed by atoms with van der Waals surface area (Å²) in [4.78, 5) is 11.3. The van der Waals surface area contributed by atoms with E-state index in [0.29, 0.717) is 5.52 Å². The summed E-state index contributed by atoms with van der Waals surface area (Å²) in [7, 11) is 0. The van der Waals surface area contributed by atoms with Crippen LogP contribution in [-0.2, 0) is 16.9 Å². The Balaban J connectivity index is 2.35. The number of alkyl halides is 3. The van der Waals surface area contributed by atoms with Crippen molar-refractivity contribution in [2.75, 3.05) is 5.73 Å². The summed E-state index contributed by atoms with van der Waals surface area (Å²) < 4.78 is 43.8. The number of nitrogens with two attached hydrogens (primary N) is 2. The highest BCUT2D eigenvalue weighted by Gasteiger charge is 2.57. The van der Waals surface area contributed by atoms with Crippen molar-refractivity contribution in [3.05, 3.63) is 65.4 Å². The first-order valence-electron chi connectivity index (χ1n) is 8.16. The van der Waals surface area contributed by atoms with Gasteiger partial charge in [-0.05, 0) is 23.8 Å². The number of carbonyl (C=O) groups is 1. The van der Waals surface area contributed by atoms with Gasteiger partial charge in [-0.3, -0.25) is 4.79 Å². The van der Waals surface area contributed by atoms with Gasteiger partial charge in [-0.25, -0.2) is 0 Å². The maximum absolute atomic E-state index is 14.2. The number of rotatable bonds is 5. The first kappa shape index (κ1) is 19.4. The standard InChI is InChI=1S/C19H17F3N4O2/c20-19(21,22)18(28,12-5-6-15(24)11(7-12)8-23)14-9-26(10-17(25)27)16-4-2-1-3-13(14)16/h1-9,23,28H,10,24H2,(H2,25,27). The molecule has 146 valence electrons. The lowest BCUT2D eigenvalue weighted by molar-refractivity contribution is -0.247.